The molecule has 3 aromatic rings. The Bertz CT molecular complexity index is 1150. The number of hydrogen-bond acceptors (Lipinski definition) is 5. The van der Waals surface area contributed by atoms with E-state index in [4.69, 9.17) is 16.6 Å². The third-order valence-electron chi connectivity index (χ3n) is 6.77. The van der Waals surface area contributed by atoms with Gasteiger partial charge in [0.2, 0.25) is 0 Å². The van der Waals surface area contributed by atoms with Gasteiger partial charge in [-0.2, -0.15) is 0 Å². The third-order valence-corrected chi connectivity index (χ3v) is 7.07. The van der Waals surface area contributed by atoms with E-state index in [-0.39, 0.29) is 5.75 Å². The van der Waals surface area contributed by atoms with Crippen LogP contribution in [0.3, 0.4) is 0 Å². The van der Waals surface area contributed by atoms with E-state index in [0.717, 1.165) is 78.3 Å². The highest BCUT2D eigenvalue weighted by molar-refractivity contribution is 6.32. The summed E-state index contributed by atoms with van der Waals surface area (Å²) in [5, 5.41) is 14.9. The molecule has 1 aromatic heterocycles. The average Bonchev–Trinajstić information content (AvgIpc) is 3.58. The van der Waals surface area contributed by atoms with Gasteiger partial charge in [0.25, 0.3) is 0 Å². The first-order chi connectivity index (χ1) is 15.0. The van der Waals surface area contributed by atoms with Crippen LogP contribution in [0.25, 0.3) is 22.0 Å². The zero-order chi connectivity index (χ0) is 21.6. The zero-order valence-corrected chi connectivity index (χ0v) is 18.3. The fraction of sp³-hybridized carbons (Fsp3) is 0.360. The number of halogens is 1. The first-order valence-corrected chi connectivity index (χ1v) is 11.2. The van der Waals surface area contributed by atoms with Crippen molar-refractivity contribution in [3.05, 3.63) is 53.2 Å². The molecule has 1 aliphatic carbocycles. The van der Waals surface area contributed by atoms with Gasteiger partial charge in [-0.15, -0.1) is 0 Å². The summed E-state index contributed by atoms with van der Waals surface area (Å²) in [6, 6.07) is 11.8. The van der Waals surface area contributed by atoms with E-state index in [1.165, 1.54) is 0 Å². The standard InChI is InChI=1S/C25H26ClN3O2/c1-29-10-6-18(7-11-29)28-24-19-12-16(17-3-5-23(31)21(26)13-17)2-4-22(19)27-14-20(24)25(15-30)8-9-25/h2-5,12-15,18,31H,6-11H2,1H3,(H,27,28). The van der Waals surface area contributed by atoms with Crippen LogP contribution in [-0.2, 0) is 10.2 Å². The van der Waals surface area contributed by atoms with Crippen LogP contribution in [0.5, 0.6) is 5.75 Å². The van der Waals surface area contributed by atoms with E-state index in [9.17, 15) is 9.90 Å². The predicted molar refractivity (Wildman–Crippen MR) is 125 cm³/mol. The number of fused-ring (bicyclic) bond motifs is 1. The molecule has 0 spiro atoms. The summed E-state index contributed by atoms with van der Waals surface area (Å²) in [4.78, 5) is 19.0. The lowest BCUT2D eigenvalue weighted by Gasteiger charge is -2.31. The van der Waals surface area contributed by atoms with Crippen molar-refractivity contribution >= 4 is 34.5 Å². The van der Waals surface area contributed by atoms with Crippen molar-refractivity contribution < 1.29 is 9.90 Å². The number of hydrogen-bond donors (Lipinski definition) is 2. The number of aromatic hydroxyl groups is 1. The van der Waals surface area contributed by atoms with Gasteiger partial charge in [0, 0.05) is 28.9 Å². The van der Waals surface area contributed by atoms with E-state index in [0.29, 0.717) is 11.1 Å². The van der Waals surface area contributed by atoms with Crippen molar-refractivity contribution in [2.24, 2.45) is 0 Å². The maximum atomic E-state index is 12.0. The van der Waals surface area contributed by atoms with Crippen molar-refractivity contribution in [1.29, 1.82) is 0 Å². The van der Waals surface area contributed by atoms with Gasteiger partial charge >= 0.3 is 0 Å². The third kappa shape index (κ3) is 3.77. The topological polar surface area (TPSA) is 65.5 Å². The van der Waals surface area contributed by atoms with Crippen LogP contribution in [0.15, 0.2) is 42.6 Å². The Morgan fingerprint density at radius 1 is 1.16 bits per heavy atom. The number of nitrogens with zero attached hydrogens (tertiary/aromatic N) is 2. The summed E-state index contributed by atoms with van der Waals surface area (Å²) >= 11 is 6.15. The largest absolute Gasteiger partial charge is 0.506 e. The molecule has 5 nitrogen and oxygen atoms in total. The van der Waals surface area contributed by atoms with Gasteiger partial charge in [0.15, 0.2) is 0 Å². The number of phenolic OH excluding ortho intramolecular Hbond substituents is 1. The maximum absolute atomic E-state index is 12.0. The van der Waals surface area contributed by atoms with Crippen molar-refractivity contribution in [3.8, 4) is 16.9 Å². The monoisotopic (exact) mass is 435 g/mol. The van der Waals surface area contributed by atoms with E-state index in [1.807, 2.05) is 24.4 Å². The molecule has 0 unspecified atom stereocenters. The van der Waals surface area contributed by atoms with Crippen LogP contribution < -0.4 is 5.32 Å². The fourth-order valence-electron chi connectivity index (χ4n) is 4.53. The molecule has 2 fully saturated rings. The second-order valence-corrected chi connectivity index (χ2v) is 9.35. The number of carbonyl (C=O) groups excluding carboxylic acids is 1. The smallest absolute Gasteiger partial charge is 0.134 e. The molecule has 1 saturated heterocycles. The number of benzene rings is 2. The second kappa shape index (κ2) is 7.81. The Morgan fingerprint density at radius 3 is 2.55 bits per heavy atom. The van der Waals surface area contributed by atoms with Crippen molar-refractivity contribution in [2.75, 3.05) is 25.5 Å². The van der Waals surface area contributed by atoms with Crippen LogP contribution in [0.2, 0.25) is 5.02 Å². The van der Waals surface area contributed by atoms with Gasteiger partial charge in [-0.25, -0.2) is 0 Å². The van der Waals surface area contributed by atoms with Crippen LogP contribution in [0, 0.1) is 0 Å². The van der Waals surface area contributed by atoms with Crippen molar-refractivity contribution in [3.63, 3.8) is 0 Å². The predicted octanol–water partition coefficient (Wildman–Crippen LogP) is 5.00. The minimum Gasteiger partial charge on any atom is -0.506 e. The van der Waals surface area contributed by atoms with E-state index in [2.05, 4.69) is 23.3 Å². The molecule has 0 radical (unpaired) electrons. The molecule has 2 aromatic carbocycles. The maximum Gasteiger partial charge on any atom is 0.134 e. The van der Waals surface area contributed by atoms with Crippen LogP contribution in [0.1, 0.15) is 31.2 Å². The minimum absolute atomic E-state index is 0.0708. The number of phenols is 1. The Labute approximate surface area is 187 Å². The summed E-state index contributed by atoms with van der Waals surface area (Å²) in [6.07, 6.45) is 6.87. The summed E-state index contributed by atoms with van der Waals surface area (Å²) in [5.74, 6) is 0.0708. The molecular weight excluding hydrogens is 410 g/mol. The fourth-order valence-corrected chi connectivity index (χ4v) is 4.71. The number of nitrogens with one attached hydrogen (secondary N) is 1. The minimum atomic E-state index is -0.410. The molecule has 1 saturated carbocycles. The average molecular weight is 436 g/mol. The Hall–Kier alpha value is -2.63. The number of pyridine rings is 1. The number of carbonyl (C=O) groups is 1. The SMILES string of the molecule is CN1CCC(Nc2c(C3(C=O)CC3)cnc3ccc(-c4ccc(O)c(Cl)c4)cc23)CC1. The molecule has 6 heteroatoms. The van der Waals surface area contributed by atoms with Crippen molar-refractivity contribution in [1.82, 2.24) is 9.88 Å². The normalized spacial score (nSPS) is 18.8. The molecular formula is C25H26ClN3O2. The molecule has 1 aliphatic heterocycles. The van der Waals surface area contributed by atoms with Crippen LogP contribution >= 0.6 is 11.6 Å². The van der Waals surface area contributed by atoms with Crippen molar-refractivity contribution in [2.45, 2.75) is 37.1 Å². The Morgan fingerprint density at radius 2 is 1.87 bits per heavy atom. The second-order valence-electron chi connectivity index (χ2n) is 8.94. The lowest BCUT2D eigenvalue weighted by Crippen LogP contribution is -2.37. The number of anilines is 1. The number of aromatic nitrogens is 1. The summed E-state index contributed by atoms with van der Waals surface area (Å²) in [6.45, 7) is 2.12. The zero-order valence-electron chi connectivity index (χ0n) is 17.6. The van der Waals surface area contributed by atoms with Gasteiger partial charge < -0.3 is 20.1 Å². The summed E-state index contributed by atoms with van der Waals surface area (Å²) in [7, 11) is 2.16. The van der Waals surface area contributed by atoms with Crippen LogP contribution in [0.4, 0.5) is 5.69 Å². The molecule has 2 aliphatic rings. The van der Waals surface area contributed by atoms with Gasteiger partial charge in [0.05, 0.1) is 16.0 Å². The molecule has 0 amide bonds. The quantitative estimate of drug-likeness (QED) is 0.552. The number of likely N-dealkylation sites (tertiary alicyclic amines) is 1. The molecule has 0 bridgehead atoms. The highest BCUT2D eigenvalue weighted by Crippen LogP contribution is 2.50. The Balaban J connectivity index is 1.63. The first kappa shape index (κ1) is 20.3. The summed E-state index contributed by atoms with van der Waals surface area (Å²) in [5.41, 5.74) is 4.46. The van der Waals surface area contributed by atoms with E-state index >= 15 is 0 Å². The van der Waals surface area contributed by atoms with Crippen LogP contribution in [-0.4, -0.2) is 47.5 Å². The number of aldehydes is 1. The molecule has 160 valence electrons. The Kier molecular flexibility index (Phi) is 5.11. The lowest BCUT2D eigenvalue weighted by atomic mass is 9.93. The molecule has 2 N–H and O–H groups in total. The lowest BCUT2D eigenvalue weighted by molar-refractivity contribution is -0.109. The molecule has 5 rings (SSSR count). The van der Waals surface area contributed by atoms with E-state index < -0.39 is 5.41 Å². The van der Waals surface area contributed by atoms with E-state index in [1.54, 1.807) is 12.1 Å². The first-order valence-electron chi connectivity index (χ1n) is 10.8. The highest BCUT2D eigenvalue weighted by Gasteiger charge is 2.46. The summed E-state index contributed by atoms with van der Waals surface area (Å²) < 4.78 is 0. The highest BCUT2D eigenvalue weighted by atomic mass is 35.5. The van der Waals surface area contributed by atoms with Gasteiger partial charge in [-0.3, -0.25) is 4.98 Å². The molecule has 31 heavy (non-hydrogen) atoms. The molecule has 2 heterocycles. The molecule has 0 atom stereocenters. The van der Waals surface area contributed by atoms with Gasteiger partial charge in [0.1, 0.15) is 12.0 Å². The number of rotatable bonds is 5. The number of piperidine rings is 1. The van der Waals surface area contributed by atoms with Gasteiger partial charge in [-0.05, 0) is 81.2 Å². The van der Waals surface area contributed by atoms with Gasteiger partial charge in [-0.1, -0.05) is 23.7 Å².